The van der Waals surface area contributed by atoms with Crippen LogP contribution in [0.15, 0.2) is 48.6 Å². The average molecular weight is 975 g/mol. The third kappa shape index (κ3) is 36.3. The first-order chi connectivity index (χ1) is 33.6. The molecule has 398 valence electrons. The fourth-order valence-electron chi connectivity index (χ4n) is 8.18. The van der Waals surface area contributed by atoms with Crippen LogP contribution in [0, 0.1) is 0 Å². The number of esters is 3. The maximum absolute atomic E-state index is 13.1. The number of allylic oxidation sites excluding steroid dienone is 8. The van der Waals surface area contributed by atoms with E-state index in [1.165, 1.54) is 83.5 Å². The molecule has 0 bridgehead atoms. The van der Waals surface area contributed by atoms with E-state index in [1.54, 1.807) is 0 Å². The molecule has 0 aromatic heterocycles. The van der Waals surface area contributed by atoms with Gasteiger partial charge in [0, 0.05) is 19.3 Å². The molecule has 0 aromatic rings. The summed E-state index contributed by atoms with van der Waals surface area (Å²) in [4.78, 5) is 50.8. The van der Waals surface area contributed by atoms with Crippen molar-refractivity contribution in [2.75, 3.05) is 13.2 Å². The lowest BCUT2D eigenvalue weighted by Gasteiger charge is -2.40. The molecule has 6 atom stereocenters. The molecule has 0 radical (unpaired) electrons. The Kier molecular flexibility index (Phi) is 42.3. The third-order valence-electron chi connectivity index (χ3n) is 12.4. The Balaban J connectivity index is 2.71. The van der Waals surface area contributed by atoms with E-state index in [9.17, 15) is 34.5 Å². The van der Waals surface area contributed by atoms with Crippen LogP contribution in [0.4, 0.5) is 0 Å². The van der Waals surface area contributed by atoms with E-state index in [1.807, 2.05) is 0 Å². The quantitative estimate of drug-likeness (QED) is 0.0228. The number of aliphatic hydroxyl groups excluding tert-OH is 2. The SMILES string of the molecule is CC/C=C\C/C=C\C/C=C\C/C=C\CCCCCCC(=O)OCC(COC1OC(C(=O)O)C(O)C(O)C1OC(=O)CCCCCCCCCCC)OC(=O)CCCCCCCCCCCCCCC. The van der Waals surface area contributed by atoms with Crippen molar-refractivity contribution in [1.29, 1.82) is 0 Å². The normalized spacial score (nSPS) is 19.0. The highest BCUT2D eigenvalue weighted by Gasteiger charge is 2.50. The number of hydrogen-bond donors (Lipinski definition) is 3. The molecule has 12 heteroatoms. The van der Waals surface area contributed by atoms with Crippen molar-refractivity contribution in [3.63, 3.8) is 0 Å². The predicted molar refractivity (Wildman–Crippen MR) is 276 cm³/mol. The van der Waals surface area contributed by atoms with E-state index >= 15 is 0 Å². The Hall–Kier alpha value is -3.32. The van der Waals surface area contributed by atoms with Gasteiger partial charge in [-0.3, -0.25) is 14.4 Å². The summed E-state index contributed by atoms with van der Waals surface area (Å²) in [6, 6.07) is 0. The summed E-state index contributed by atoms with van der Waals surface area (Å²) < 4.78 is 28.3. The molecule has 1 aliphatic rings. The number of unbranched alkanes of at least 4 members (excludes halogenated alkanes) is 24. The van der Waals surface area contributed by atoms with Crippen LogP contribution in [0.5, 0.6) is 0 Å². The molecule has 1 heterocycles. The van der Waals surface area contributed by atoms with Gasteiger partial charge in [-0.2, -0.15) is 0 Å². The van der Waals surface area contributed by atoms with Crippen LogP contribution in [0.2, 0.25) is 0 Å². The van der Waals surface area contributed by atoms with Crippen LogP contribution < -0.4 is 0 Å². The van der Waals surface area contributed by atoms with Gasteiger partial charge in [-0.15, -0.1) is 0 Å². The van der Waals surface area contributed by atoms with Crippen molar-refractivity contribution in [2.24, 2.45) is 0 Å². The van der Waals surface area contributed by atoms with Gasteiger partial charge in [0.1, 0.15) is 18.8 Å². The second-order valence-corrected chi connectivity index (χ2v) is 18.9. The first-order valence-electron chi connectivity index (χ1n) is 27.6. The van der Waals surface area contributed by atoms with Crippen molar-refractivity contribution in [2.45, 2.75) is 276 Å². The summed E-state index contributed by atoms with van der Waals surface area (Å²) in [5.41, 5.74) is 0. The van der Waals surface area contributed by atoms with Gasteiger partial charge in [0.25, 0.3) is 0 Å². The Morgan fingerprint density at radius 2 is 0.913 bits per heavy atom. The first kappa shape index (κ1) is 63.7. The molecule has 1 saturated heterocycles. The summed E-state index contributed by atoms with van der Waals surface area (Å²) in [6.07, 6.45) is 41.0. The fraction of sp³-hybridized carbons (Fsp3) is 0.789. The molecular weight excluding hydrogens is 877 g/mol. The van der Waals surface area contributed by atoms with E-state index in [0.29, 0.717) is 19.3 Å². The zero-order chi connectivity index (χ0) is 50.4. The first-order valence-corrected chi connectivity index (χ1v) is 27.6. The van der Waals surface area contributed by atoms with Crippen LogP contribution in [-0.4, -0.2) is 89.2 Å². The van der Waals surface area contributed by atoms with E-state index in [-0.39, 0.29) is 25.9 Å². The molecule has 0 aliphatic carbocycles. The molecule has 0 spiro atoms. The maximum Gasteiger partial charge on any atom is 0.335 e. The second-order valence-electron chi connectivity index (χ2n) is 18.9. The van der Waals surface area contributed by atoms with Crippen molar-refractivity contribution >= 4 is 23.9 Å². The van der Waals surface area contributed by atoms with E-state index in [4.69, 9.17) is 23.7 Å². The zero-order valence-corrected chi connectivity index (χ0v) is 43.6. The molecule has 0 amide bonds. The standard InChI is InChI=1S/C57H98O12/c1-4-7-10-13-16-19-21-23-24-25-26-28-29-32-34-37-40-43-49(58)65-46-48(67-50(59)44-41-38-36-33-30-27-22-20-17-14-11-8-5-2)47-66-57-55(53(62)52(61)54(69-57)56(63)64)68-51(60)45-42-39-35-31-18-15-12-9-6-3/h7,10,16,19,23-24,26,28,48,52-55,57,61-62H,4-6,8-9,11-15,17-18,20-22,25,27,29-47H2,1-3H3,(H,63,64)/b10-7-,19-16-,24-23-,28-26-. The van der Waals surface area contributed by atoms with Crippen LogP contribution in [0.25, 0.3) is 0 Å². The second kappa shape index (κ2) is 45.8. The molecule has 3 N–H and O–H groups in total. The largest absolute Gasteiger partial charge is 0.479 e. The number of carbonyl (C=O) groups is 4. The maximum atomic E-state index is 13.1. The Bertz CT molecular complexity index is 1390. The lowest BCUT2D eigenvalue weighted by molar-refractivity contribution is -0.301. The Morgan fingerprint density at radius 3 is 1.39 bits per heavy atom. The molecule has 1 aliphatic heterocycles. The van der Waals surface area contributed by atoms with Crippen molar-refractivity contribution in [1.82, 2.24) is 0 Å². The van der Waals surface area contributed by atoms with Crippen LogP contribution in [-0.2, 0) is 42.9 Å². The van der Waals surface area contributed by atoms with Crippen LogP contribution >= 0.6 is 0 Å². The number of aliphatic hydroxyl groups is 2. The lowest BCUT2D eigenvalue weighted by atomic mass is 9.98. The van der Waals surface area contributed by atoms with E-state index in [0.717, 1.165) is 96.3 Å². The molecular formula is C57H98O12. The smallest absolute Gasteiger partial charge is 0.335 e. The van der Waals surface area contributed by atoms with Gasteiger partial charge in [-0.25, -0.2) is 4.79 Å². The minimum absolute atomic E-state index is 0.0604. The number of carboxylic acid groups (broad SMARTS) is 1. The number of ether oxygens (including phenoxy) is 5. The van der Waals surface area contributed by atoms with Crippen molar-refractivity contribution in [3.8, 4) is 0 Å². The third-order valence-corrected chi connectivity index (χ3v) is 12.4. The topological polar surface area (TPSA) is 175 Å². The Morgan fingerprint density at radius 1 is 0.493 bits per heavy atom. The van der Waals surface area contributed by atoms with Gasteiger partial charge in [-0.1, -0.05) is 211 Å². The van der Waals surface area contributed by atoms with Gasteiger partial charge in [-0.05, 0) is 57.8 Å². The monoisotopic (exact) mass is 975 g/mol. The highest BCUT2D eigenvalue weighted by molar-refractivity contribution is 5.74. The highest BCUT2D eigenvalue weighted by Crippen LogP contribution is 2.26. The molecule has 12 nitrogen and oxygen atoms in total. The highest BCUT2D eigenvalue weighted by atomic mass is 16.7. The van der Waals surface area contributed by atoms with Crippen LogP contribution in [0.1, 0.15) is 239 Å². The summed E-state index contributed by atoms with van der Waals surface area (Å²) in [6.45, 7) is 5.82. The molecule has 1 fully saturated rings. The predicted octanol–water partition coefficient (Wildman–Crippen LogP) is 13.4. The lowest BCUT2D eigenvalue weighted by Crippen LogP contribution is -2.61. The number of carbonyl (C=O) groups excluding carboxylic acids is 3. The van der Waals surface area contributed by atoms with Gasteiger partial charge in [0.05, 0.1) is 6.61 Å². The summed E-state index contributed by atoms with van der Waals surface area (Å²) in [5, 5.41) is 31.3. The Labute approximate surface area is 418 Å². The molecule has 0 saturated carbocycles. The summed E-state index contributed by atoms with van der Waals surface area (Å²) in [5.74, 6) is -3.14. The van der Waals surface area contributed by atoms with Gasteiger partial charge in [0.15, 0.2) is 24.6 Å². The minimum Gasteiger partial charge on any atom is -0.479 e. The van der Waals surface area contributed by atoms with Gasteiger partial charge < -0.3 is 39.0 Å². The zero-order valence-electron chi connectivity index (χ0n) is 43.6. The molecule has 6 unspecified atom stereocenters. The number of rotatable bonds is 46. The van der Waals surface area contributed by atoms with E-state index in [2.05, 4.69) is 69.4 Å². The van der Waals surface area contributed by atoms with Crippen LogP contribution in [0.3, 0.4) is 0 Å². The van der Waals surface area contributed by atoms with Crippen molar-refractivity contribution < 1.29 is 58.2 Å². The van der Waals surface area contributed by atoms with E-state index < -0.39 is 67.3 Å². The molecule has 0 aromatic carbocycles. The number of carboxylic acids is 1. The summed E-state index contributed by atoms with van der Waals surface area (Å²) in [7, 11) is 0. The minimum atomic E-state index is -1.90. The van der Waals surface area contributed by atoms with Crippen molar-refractivity contribution in [3.05, 3.63) is 48.6 Å². The average Bonchev–Trinajstić information content (AvgIpc) is 3.33. The molecule has 69 heavy (non-hydrogen) atoms. The summed E-state index contributed by atoms with van der Waals surface area (Å²) >= 11 is 0. The van der Waals surface area contributed by atoms with Gasteiger partial charge in [0.2, 0.25) is 0 Å². The van der Waals surface area contributed by atoms with Gasteiger partial charge >= 0.3 is 23.9 Å². The fourth-order valence-corrected chi connectivity index (χ4v) is 8.18. The molecule has 1 rings (SSSR count). The number of hydrogen-bond acceptors (Lipinski definition) is 11. The number of aliphatic carboxylic acids is 1.